The number of ether oxygens (including phenoxy) is 3. The zero-order valence-corrected chi connectivity index (χ0v) is 21.4. The Morgan fingerprint density at radius 2 is 2.09 bits per heavy atom. The zero-order valence-electron chi connectivity index (χ0n) is 19.8. The topological polar surface area (TPSA) is 123 Å². The highest BCUT2D eigenvalue weighted by atomic mass is 35.5. The molecule has 0 bridgehead atoms. The van der Waals surface area contributed by atoms with Crippen molar-refractivity contribution in [2.45, 2.75) is 74.7 Å². The van der Waals surface area contributed by atoms with Crippen LogP contribution in [0, 0.1) is 5.92 Å². The SMILES string of the molecule is COC1C(OC(=O)NC(=O)CCl)CCC(O)(CSc2ncccn2)C1C1(C)OC1CC=C(C)C. The lowest BCUT2D eigenvalue weighted by atomic mass is 9.66. The molecule has 9 nitrogen and oxygen atoms in total. The molecule has 1 aromatic rings. The molecule has 188 valence electrons. The number of imide groups is 1. The number of alkyl halides is 1. The third-order valence-corrected chi connectivity index (χ3v) is 7.71. The van der Waals surface area contributed by atoms with Crippen LogP contribution >= 0.6 is 23.4 Å². The van der Waals surface area contributed by atoms with Crippen molar-refractivity contribution in [3.63, 3.8) is 0 Å². The Hall–Kier alpha value is -1.72. The van der Waals surface area contributed by atoms with E-state index in [1.165, 1.54) is 24.4 Å². The first-order valence-electron chi connectivity index (χ1n) is 11.2. The van der Waals surface area contributed by atoms with Gasteiger partial charge in [0, 0.05) is 31.2 Å². The molecule has 2 aliphatic rings. The molecule has 11 heteroatoms. The lowest BCUT2D eigenvalue weighted by Gasteiger charge is -2.48. The third kappa shape index (κ3) is 6.28. The van der Waals surface area contributed by atoms with E-state index in [1.54, 1.807) is 18.5 Å². The van der Waals surface area contributed by atoms with E-state index in [-0.39, 0.29) is 12.0 Å². The van der Waals surface area contributed by atoms with Gasteiger partial charge < -0.3 is 19.3 Å². The summed E-state index contributed by atoms with van der Waals surface area (Å²) in [6, 6.07) is 1.73. The Morgan fingerprint density at radius 1 is 1.38 bits per heavy atom. The molecule has 0 radical (unpaired) electrons. The van der Waals surface area contributed by atoms with Gasteiger partial charge in [-0.3, -0.25) is 10.1 Å². The van der Waals surface area contributed by atoms with Gasteiger partial charge in [0.15, 0.2) is 5.16 Å². The second-order valence-corrected chi connectivity index (χ2v) is 10.3. The fraction of sp³-hybridized carbons (Fsp3) is 0.652. The quantitative estimate of drug-likeness (QED) is 0.168. The first kappa shape index (κ1) is 26.9. The summed E-state index contributed by atoms with van der Waals surface area (Å²) in [6.07, 6.45) is 4.46. The summed E-state index contributed by atoms with van der Waals surface area (Å²) in [6.45, 7) is 6.01. The molecule has 2 heterocycles. The highest BCUT2D eigenvalue weighted by Crippen LogP contribution is 2.55. The maximum absolute atomic E-state index is 12.2. The summed E-state index contributed by atoms with van der Waals surface area (Å²) >= 11 is 6.82. The first-order chi connectivity index (χ1) is 16.1. The van der Waals surface area contributed by atoms with Crippen LogP contribution in [0.4, 0.5) is 4.79 Å². The normalized spacial score (nSPS) is 32.5. The lowest BCUT2D eigenvalue weighted by Crippen LogP contribution is -2.61. The molecule has 0 spiro atoms. The summed E-state index contributed by atoms with van der Waals surface area (Å²) in [5.41, 5.74) is -0.704. The fourth-order valence-corrected chi connectivity index (χ4v) is 5.74. The van der Waals surface area contributed by atoms with Crippen molar-refractivity contribution in [3.8, 4) is 0 Å². The number of methoxy groups -OCH3 is 1. The Kier molecular flexibility index (Phi) is 8.97. The number of amides is 2. The van der Waals surface area contributed by atoms with E-state index in [9.17, 15) is 14.7 Å². The van der Waals surface area contributed by atoms with Crippen LogP contribution in [0.2, 0.25) is 0 Å². The molecular weight excluding hydrogens is 482 g/mol. The third-order valence-electron chi connectivity index (χ3n) is 6.36. The van der Waals surface area contributed by atoms with E-state index >= 15 is 0 Å². The van der Waals surface area contributed by atoms with Crippen LogP contribution in [-0.2, 0) is 19.0 Å². The first-order valence-corrected chi connectivity index (χ1v) is 12.7. The number of halogens is 1. The summed E-state index contributed by atoms with van der Waals surface area (Å²) in [5, 5.41) is 14.6. The van der Waals surface area contributed by atoms with Gasteiger partial charge >= 0.3 is 6.09 Å². The van der Waals surface area contributed by atoms with Crippen LogP contribution in [-0.4, -0.2) is 75.3 Å². The van der Waals surface area contributed by atoms with Gasteiger partial charge in [0.1, 0.15) is 23.7 Å². The number of nitrogens with zero attached hydrogens (tertiary/aromatic N) is 2. The average Bonchev–Trinajstić information content (AvgIpc) is 3.48. The molecule has 1 saturated heterocycles. The molecule has 0 aromatic carbocycles. The minimum absolute atomic E-state index is 0.111. The van der Waals surface area contributed by atoms with Gasteiger partial charge in [-0.15, -0.1) is 11.6 Å². The van der Waals surface area contributed by atoms with E-state index in [0.29, 0.717) is 30.2 Å². The van der Waals surface area contributed by atoms with Crippen molar-refractivity contribution < 1.29 is 28.9 Å². The Labute approximate surface area is 209 Å². The number of alkyl carbamates (subject to hydrolysis) is 1. The molecule has 1 aromatic heterocycles. The number of nitrogens with one attached hydrogen (secondary N) is 1. The van der Waals surface area contributed by atoms with Crippen LogP contribution in [0.3, 0.4) is 0 Å². The summed E-state index contributed by atoms with van der Waals surface area (Å²) in [5.74, 6) is -1.19. The summed E-state index contributed by atoms with van der Waals surface area (Å²) in [7, 11) is 1.52. The van der Waals surface area contributed by atoms with Crippen LogP contribution in [0.5, 0.6) is 0 Å². The van der Waals surface area contributed by atoms with E-state index in [4.69, 9.17) is 25.8 Å². The van der Waals surface area contributed by atoms with E-state index < -0.39 is 41.3 Å². The highest BCUT2D eigenvalue weighted by molar-refractivity contribution is 7.99. The number of rotatable bonds is 9. The van der Waals surface area contributed by atoms with Gasteiger partial charge in [0.25, 0.3) is 0 Å². The monoisotopic (exact) mass is 513 g/mol. The van der Waals surface area contributed by atoms with Crippen LogP contribution < -0.4 is 5.32 Å². The maximum Gasteiger partial charge on any atom is 0.414 e. The van der Waals surface area contributed by atoms with E-state index in [2.05, 4.69) is 21.4 Å². The van der Waals surface area contributed by atoms with Gasteiger partial charge in [-0.2, -0.15) is 0 Å². The van der Waals surface area contributed by atoms with Crippen molar-refractivity contribution >= 4 is 35.4 Å². The van der Waals surface area contributed by atoms with Crippen LogP contribution in [0.1, 0.15) is 40.0 Å². The predicted molar refractivity (Wildman–Crippen MR) is 128 cm³/mol. The maximum atomic E-state index is 12.2. The molecule has 6 atom stereocenters. The number of hydrogen-bond acceptors (Lipinski definition) is 9. The van der Waals surface area contributed by atoms with Crippen LogP contribution in [0.15, 0.2) is 35.3 Å². The van der Waals surface area contributed by atoms with Gasteiger partial charge in [0.05, 0.1) is 11.7 Å². The molecule has 2 fully saturated rings. The Balaban J connectivity index is 1.84. The number of carbonyl (C=O) groups is 2. The van der Waals surface area contributed by atoms with E-state index in [0.717, 1.165) is 0 Å². The molecule has 1 aliphatic carbocycles. The fourth-order valence-electron chi connectivity index (χ4n) is 4.70. The molecule has 1 aliphatic heterocycles. The lowest BCUT2D eigenvalue weighted by molar-refractivity contribution is -0.170. The zero-order chi connectivity index (χ0) is 24.9. The number of allylic oxidation sites excluding steroid dienone is 1. The predicted octanol–water partition coefficient (Wildman–Crippen LogP) is 3.10. The Morgan fingerprint density at radius 3 is 2.71 bits per heavy atom. The van der Waals surface area contributed by atoms with Gasteiger partial charge in [0.2, 0.25) is 5.91 Å². The number of aliphatic hydroxyl groups is 1. The molecule has 2 amide bonds. The highest BCUT2D eigenvalue weighted by Gasteiger charge is 2.67. The summed E-state index contributed by atoms with van der Waals surface area (Å²) in [4.78, 5) is 32.2. The van der Waals surface area contributed by atoms with Crippen molar-refractivity contribution in [2.75, 3.05) is 18.7 Å². The minimum Gasteiger partial charge on any atom is -0.443 e. The number of hydrogen-bond donors (Lipinski definition) is 2. The number of aromatic nitrogens is 2. The molecule has 6 unspecified atom stereocenters. The molecule has 2 N–H and O–H groups in total. The van der Waals surface area contributed by atoms with Gasteiger partial charge in [-0.1, -0.05) is 23.4 Å². The van der Waals surface area contributed by atoms with Crippen molar-refractivity contribution in [1.29, 1.82) is 0 Å². The number of carbonyl (C=O) groups excluding carboxylic acids is 2. The Bertz CT molecular complexity index is 902. The smallest absolute Gasteiger partial charge is 0.414 e. The average molecular weight is 514 g/mol. The minimum atomic E-state index is -1.19. The van der Waals surface area contributed by atoms with Crippen molar-refractivity contribution in [3.05, 3.63) is 30.1 Å². The molecule has 3 rings (SSSR count). The van der Waals surface area contributed by atoms with Crippen molar-refractivity contribution in [2.24, 2.45) is 5.92 Å². The standard InChI is InChI=1S/C23H32ClN3O6S/c1-14(2)6-7-16-22(3,33-16)19-18(31-4)15(32-21(29)27-17(28)12-24)8-9-23(19,30)13-34-20-25-10-5-11-26-20/h5-6,10-11,15-16,18-19,30H,7-9,12-13H2,1-4H3,(H,27,28,29). The summed E-state index contributed by atoms with van der Waals surface area (Å²) < 4.78 is 17.5. The van der Waals surface area contributed by atoms with Gasteiger partial charge in [-0.25, -0.2) is 14.8 Å². The van der Waals surface area contributed by atoms with Crippen molar-refractivity contribution in [1.82, 2.24) is 15.3 Å². The molecule has 34 heavy (non-hydrogen) atoms. The van der Waals surface area contributed by atoms with Gasteiger partial charge in [-0.05, 0) is 46.1 Å². The van der Waals surface area contributed by atoms with E-state index in [1.807, 2.05) is 20.8 Å². The second kappa shape index (κ2) is 11.3. The number of epoxide rings is 1. The largest absolute Gasteiger partial charge is 0.443 e. The second-order valence-electron chi connectivity index (χ2n) is 9.07. The number of thioether (sulfide) groups is 1. The molecule has 1 saturated carbocycles. The molecular formula is C23H32ClN3O6S. The van der Waals surface area contributed by atoms with Crippen LogP contribution in [0.25, 0.3) is 0 Å².